The highest BCUT2D eigenvalue weighted by Gasteiger charge is 2.13. The second-order valence-corrected chi connectivity index (χ2v) is 7.35. The minimum absolute atomic E-state index is 0.767. The number of aryl methyl sites for hydroxylation is 1. The van der Waals surface area contributed by atoms with Gasteiger partial charge >= 0.3 is 0 Å². The highest BCUT2D eigenvalue weighted by molar-refractivity contribution is 14.1. The van der Waals surface area contributed by atoms with Crippen LogP contribution in [0.25, 0.3) is 11.4 Å². The first-order chi connectivity index (χ1) is 10.1. The molecule has 2 rings (SSSR count). The van der Waals surface area contributed by atoms with E-state index in [9.17, 15) is 0 Å². The molecule has 0 saturated heterocycles. The lowest BCUT2D eigenvalue weighted by atomic mass is 10.2. The summed E-state index contributed by atoms with van der Waals surface area (Å²) in [5.74, 6) is 1.69. The Hall–Kier alpha value is -0.210. The van der Waals surface area contributed by atoms with E-state index in [0.717, 1.165) is 54.8 Å². The SMILES string of the molecule is CCCc1nc(-c2ccc(Br)c(Br)c2)nc(NCC)c1I. The minimum atomic E-state index is 0.767. The fourth-order valence-corrected chi connectivity index (χ4v) is 3.27. The van der Waals surface area contributed by atoms with E-state index in [-0.39, 0.29) is 0 Å². The molecule has 0 aliphatic carbocycles. The average Bonchev–Trinajstić information content (AvgIpc) is 2.46. The Kier molecular flexibility index (Phi) is 6.43. The molecule has 1 N–H and O–H groups in total. The zero-order valence-electron chi connectivity index (χ0n) is 11.9. The van der Waals surface area contributed by atoms with Crippen molar-refractivity contribution < 1.29 is 0 Å². The predicted molar refractivity (Wildman–Crippen MR) is 104 cm³/mol. The molecule has 3 nitrogen and oxygen atoms in total. The van der Waals surface area contributed by atoms with Crippen LogP contribution in [-0.4, -0.2) is 16.5 Å². The Morgan fingerprint density at radius 3 is 2.52 bits per heavy atom. The molecule has 0 fully saturated rings. The molecule has 1 aromatic heterocycles. The van der Waals surface area contributed by atoms with E-state index in [1.165, 1.54) is 0 Å². The molecule has 0 unspecified atom stereocenters. The van der Waals surface area contributed by atoms with Crippen LogP contribution in [0.4, 0.5) is 5.82 Å². The van der Waals surface area contributed by atoms with Gasteiger partial charge in [-0.2, -0.15) is 0 Å². The number of benzene rings is 1. The summed E-state index contributed by atoms with van der Waals surface area (Å²) in [6.07, 6.45) is 2.03. The monoisotopic (exact) mass is 523 g/mol. The van der Waals surface area contributed by atoms with Gasteiger partial charge in [-0.05, 0) is 86.0 Å². The van der Waals surface area contributed by atoms with Crippen molar-refractivity contribution in [2.24, 2.45) is 0 Å². The van der Waals surface area contributed by atoms with Crippen LogP contribution in [0.5, 0.6) is 0 Å². The third kappa shape index (κ3) is 4.16. The average molecular weight is 525 g/mol. The van der Waals surface area contributed by atoms with Crippen LogP contribution in [-0.2, 0) is 6.42 Å². The lowest BCUT2D eigenvalue weighted by Gasteiger charge is -2.12. The third-order valence-electron chi connectivity index (χ3n) is 2.93. The van der Waals surface area contributed by atoms with Gasteiger partial charge in [-0.1, -0.05) is 13.3 Å². The zero-order chi connectivity index (χ0) is 15.4. The lowest BCUT2D eigenvalue weighted by Crippen LogP contribution is -2.08. The van der Waals surface area contributed by atoms with E-state index in [4.69, 9.17) is 4.98 Å². The maximum atomic E-state index is 4.75. The Bertz CT molecular complexity index is 620. The molecule has 0 saturated carbocycles. The van der Waals surface area contributed by atoms with Gasteiger partial charge in [0.25, 0.3) is 0 Å². The molecule has 0 radical (unpaired) electrons. The summed E-state index contributed by atoms with van der Waals surface area (Å²) in [7, 11) is 0. The summed E-state index contributed by atoms with van der Waals surface area (Å²) in [4.78, 5) is 9.43. The fraction of sp³-hybridized carbons (Fsp3) is 0.333. The van der Waals surface area contributed by atoms with Crippen LogP contribution in [0.15, 0.2) is 27.1 Å². The van der Waals surface area contributed by atoms with E-state index < -0.39 is 0 Å². The predicted octanol–water partition coefficient (Wildman–Crippen LogP) is 5.66. The molecule has 2 aromatic rings. The van der Waals surface area contributed by atoms with Crippen molar-refractivity contribution in [3.8, 4) is 11.4 Å². The van der Waals surface area contributed by atoms with Gasteiger partial charge in [0.15, 0.2) is 5.82 Å². The molecule has 0 spiro atoms. The van der Waals surface area contributed by atoms with Crippen molar-refractivity contribution in [1.29, 1.82) is 0 Å². The van der Waals surface area contributed by atoms with Gasteiger partial charge < -0.3 is 5.32 Å². The Balaban J connectivity index is 2.53. The summed E-state index contributed by atoms with van der Waals surface area (Å²) in [6.45, 7) is 5.09. The first-order valence-corrected chi connectivity index (χ1v) is 9.49. The molecular formula is C15H16Br2IN3. The van der Waals surface area contributed by atoms with Gasteiger partial charge in [0.05, 0.1) is 9.26 Å². The number of nitrogens with zero attached hydrogens (tertiary/aromatic N) is 2. The maximum absolute atomic E-state index is 4.75. The van der Waals surface area contributed by atoms with Gasteiger partial charge in [-0.25, -0.2) is 9.97 Å². The van der Waals surface area contributed by atoms with Crippen LogP contribution in [0.2, 0.25) is 0 Å². The van der Waals surface area contributed by atoms with Crippen LogP contribution in [0.1, 0.15) is 26.0 Å². The van der Waals surface area contributed by atoms with Gasteiger partial charge in [0.1, 0.15) is 5.82 Å². The number of nitrogens with one attached hydrogen (secondary N) is 1. The fourth-order valence-electron chi connectivity index (χ4n) is 1.94. The van der Waals surface area contributed by atoms with Crippen molar-refractivity contribution in [3.63, 3.8) is 0 Å². The summed E-state index contributed by atoms with van der Waals surface area (Å²) in [6, 6.07) is 6.08. The number of halogens is 3. The quantitative estimate of drug-likeness (QED) is 0.513. The van der Waals surface area contributed by atoms with Crippen molar-refractivity contribution in [3.05, 3.63) is 36.4 Å². The lowest BCUT2D eigenvalue weighted by molar-refractivity contribution is 0.867. The Morgan fingerprint density at radius 1 is 1.14 bits per heavy atom. The molecule has 0 atom stereocenters. The second kappa shape index (κ2) is 7.87. The van der Waals surface area contributed by atoms with Gasteiger partial charge in [0.2, 0.25) is 0 Å². The van der Waals surface area contributed by atoms with E-state index >= 15 is 0 Å². The molecule has 112 valence electrons. The summed E-state index contributed by atoms with van der Waals surface area (Å²) >= 11 is 9.36. The van der Waals surface area contributed by atoms with Gasteiger partial charge in [0, 0.05) is 21.1 Å². The third-order valence-corrected chi connectivity index (χ3v) is 5.94. The van der Waals surface area contributed by atoms with Crippen LogP contribution < -0.4 is 5.32 Å². The van der Waals surface area contributed by atoms with Gasteiger partial charge in [-0.15, -0.1) is 0 Å². The highest BCUT2D eigenvalue weighted by Crippen LogP contribution is 2.30. The minimum Gasteiger partial charge on any atom is -0.369 e. The summed E-state index contributed by atoms with van der Waals surface area (Å²) in [5, 5.41) is 3.33. The number of hydrogen-bond donors (Lipinski definition) is 1. The van der Waals surface area contributed by atoms with Crippen molar-refractivity contribution >= 4 is 60.3 Å². The van der Waals surface area contributed by atoms with Crippen LogP contribution in [0.3, 0.4) is 0 Å². The van der Waals surface area contributed by atoms with E-state index in [1.54, 1.807) is 0 Å². The zero-order valence-corrected chi connectivity index (χ0v) is 17.2. The molecule has 6 heteroatoms. The van der Waals surface area contributed by atoms with Crippen LogP contribution >= 0.6 is 54.5 Å². The molecule has 0 amide bonds. The Labute approximate surface area is 155 Å². The standard InChI is InChI=1S/C15H16Br2IN3/c1-3-5-12-13(18)15(19-4-2)21-14(20-12)9-6-7-10(16)11(17)8-9/h6-8H,3-5H2,1-2H3,(H,19,20,21). The van der Waals surface area contributed by atoms with Crippen molar-refractivity contribution in [2.75, 3.05) is 11.9 Å². The maximum Gasteiger partial charge on any atom is 0.161 e. The number of rotatable bonds is 5. The molecule has 1 heterocycles. The summed E-state index contributed by atoms with van der Waals surface area (Å²) < 4.78 is 3.15. The topological polar surface area (TPSA) is 37.8 Å². The molecule has 0 aliphatic heterocycles. The molecular weight excluding hydrogens is 509 g/mol. The largest absolute Gasteiger partial charge is 0.369 e. The smallest absolute Gasteiger partial charge is 0.161 e. The summed E-state index contributed by atoms with van der Waals surface area (Å²) in [5.41, 5.74) is 2.12. The first-order valence-electron chi connectivity index (χ1n) is 6.82. The normalized spacial score (nSPS) is 10.7. The van der Waals surface area contributed by atoms with E-state index in [0.29, 0.717) is 0 Å². The first kappa shape index (κ1) is 17.1. The van der Waals surface area contributed by atoms with Crippen LogP contribution in [0, 0.1) is 3.57 Å². The molecule has 0 aliphatic rings. The highest BCUT2D eigenvalue weighted by atomic mass is 127. The molecule has 1 aromatic carbocycles. The molecule has 0 bridgehead atoms. The van der Waals surface area contributed by atoms with Crippen molar-refractivity contribution in [1.82, 2.24) is 9.97 Å². The second-order valence-electron chi connectivity index (χ2n) is 4.57. The Morgan fingerprint density at radius 2 is 1.90 bits per heavy atom. The number of anilines is 1. The van der Waals surface area contributed by atoms with Crippen molar-refractivity contribution in [2.45, 2.75) is 26.7 Å². The number of aromatic nitrogens is 2. The molecule has 21 heavy (non-hydrogen) atoms. The number of hydrogen-bond acceptors (Lipinski definition) is 3. The van der Waals surface area contributed by atoms with Gasteiger partial charge in [-0.3, -0.25) is 0 Å². The van der Waals surface area contributed by atoms with E-state index in [1.807, 2.05) is 18.2 Å². The van der Waals surface area contributed by atoms with E-state index in [2.05, 4.69) is 78.6 Å².